The van der Waals surface area contributed by atoms with Gasteiger partial charge in [0.1, 0.15) is 0 Å². The van der Waals surface area contributed by atoms with Gasteiger partial charge in [0.25, 0.3) is 0 Å². The molecule has 2 aliphatic rings. The van der Waals surface area contributed by atoms with E-state index in [0.29, 0.717) is 19.0 Å². The summed E-state index contributed by atoms with van der Waals surface area (Å²) in [6.07, 6.45) is 2.78. The fourth-order valence-corrected chi connectivity index (χ4v) is 6.48. The smallest absolute Gasteiger partial charge is 0.228 e. The molecule has 0 aromatic rings. The molecule has 2 fully saturated rings. The number of sulfone groups is 1. The molecule has 0 saturated carbocycles. The molecule has 0 spiro atoms. The molecule has 2 heterocycles. The minimum absolute atomic E-state index is 0.0597. The van der Waals surface area contributed by atoms with Crippen LogP contribution in [0.3, 0.4) is 0 Å². The highest BCUT2D eigenvalue weighted by molar-refractivity contribution is 8.06. The molecule has 0 aromatic carbocycles. The molecule has 8 heteroatoms. The monoisotopic (exact) mass is 282 g/mol. The average Bonchev–Trinajstić information content (AvgIpc) is 2.60. The molecule has 2 rings (SSSR count). The molecule has 2 saturated heterocycles. The summed E-state index contributed by atoms with van der Waals surface area (Å²) in [5.41, 5.74) is 0. The van der Waals surface area contributed by atoms with E-state index in [1.54, 1.807) is 0 Å². The van der Waals surface area contributed by atoms with E-state index in [1.807, 2.05) is 0 Å². The van der Waals surface area contributed by atoms with Crippen molar-refractivity contribution < 1.29 is 16.8 Å². The van der Waals surface area contributed by atoms with Crippen molar-refractivity contribution in [2.45, 2.75) is 18.9 Å². The molecule has 6 nitrogen and oxygen atoms in total. The predicted octanol–water partition coefficient (Wildman–Crippen LogP) is -0.998. The second-order valence-electron chi connectivity index (χ2n) is 4.89. The largest absolute Gasteiger partial charge is 0.315 e. The predicted molar refractivity (Wildman–Crippen MR) is 64.7 cm³/mol. The topological polar surface area (TPSA) is 83.5 Å². The lowest BCUT2D eigenvalue weighted by molar-refractivity contribution is 0.218. The molecule has 0 radical (unpaired) electrons. The van der Waals surface area contributed by atoms with Crippen LogP contribution in [0.15, 0.2) is 0 Å². The van der Waals surface area contributed by atoms with Gasteiger partial charge in [-0.05, 0) is 25.3 Å². The van der Waals surface area contributed by atoms with Gasteiger partial charge in [0.2, 0.25) is 10.0 Å². The Kier molecular flexibility index (Phi) is 3.50. The second kappa shape index (κ2) is 4.49. The van der Waals surface area contributed by atoms with Crippen LogP contribution in [0.2, 0.25) is 0 Å². The van der Waals surface area contributed by atoms with Gasteiger partial charge >= 0.3 is 0 Å². The van der Waals surface area contributed by atoms with Gasteiger partial charge < -0.3 is 5.32 Å². The minimum Gasteiger partial charge on any atom is -0.315 e. The maximum atomic E-state index is 12.1. The maximum Gasteiger partial charge on any atom is 0.228 e. The van der Waals surface area contributed by atoms with Gasteiger partial charge in [0, 0.05) is 25.4 Å². The quantitative estimate of drug-likeness (QED) is 0.718. The minimum atomic E-state index is -3.69. The van der Waals surface area contributed by atoms with Crippen LogP contribution in [0, 0.1) is 5.92 Å². The summed E-state index contributed by atoms with van der Waals surface area (Å²) < 4.78 is 47.8. The van der Waals surface area contributed by atoms with Crippen molar-refractivity contribution in [2.75, 3.05) is 31.0 Å². The Labute approximate surface area is 102 Å². The summed E-state index contributed by atoms with van der Waals surface area (Å²) in [6, 6.07) is -0.0597. The van der Waals surface area contributed by atoms with E-state index < -0.39 is 24.9 Å². The lowest BCUT2D eigenvalue weighted by Crippen LogP contribution is -2.49. The molecule has 0 amide bonds. The van der Waals surface area contributed by atoms with E-state index in [9.17, 15) is 16.8 Å². The van der Waals surface area contributed by atoms with Crippen molar-refractivity contribution in [1.82, 2.24) is 9.62 Å². The highest BCUT2D eigenvalue weighted by Gasteiger charge is 2.41. The molecule has 0 aliphatic carbocycles. The molecule has 100 valence electrons. The number of nitrogens with one attached hydrogen (secondary N) is 1. The first-order chi connectivity index (χ1) is 7.80. The zero-order valence-electron chi connectivity index (χ0n) is 9.79. The lowest BCUT2D eigenvalue weighted by atomic mass is 9.94. The fraction of sp³-hybridized carbons (Fsp3) is 1.00. The number of hydrogen-bond donors (Lipinski definition) is 1. The van der Waals surface area contributed by atoms with Crippen LogP contribution in [-0.4, -0.2) is 58.2 Å². The molecule has 0 bridgehead atoms. The third-order valence-corrected chi connectivity index (χ3v) is 7.42. The third kappa shape index (κ3) is 2.98. The molecule has 2 atom stereocenters. The number of rotatable bonds is 3. The van der Waals surface area contributed by atoms with Crippen LogP contribution in [-0.2, 0) is 19.9 Å². The Morgan fingerprint density at radius 1 is 1.24 bits per heavy atom. The zero-order chi connectivity index (χ0) is 12.7. The van der Waals surface area contributed by atoms with Gasteiger partial charge in [-0.15, -0.1) is 0 Å². The van der Waals surface area contributed by atoms with Crippen molar-refractivity contribution >= 4 is 19.9 Å². The summed E-state index contributed by atoms with van der Waals surface area (Å²) in [5.74, 6) is 0.332. The highest BCUT2D eigenvalue weighted by atomic mass is 32.3. The normalized spacial score (nSPS) is 31.4. The maximum absolute atomic E-state index is 12.1. The van der Waals surface area contributed by atoms with Gasteiger partial charge in [0.05, 0.1) is 0 Å². The van der Waals surface area contributed by atoms with E-state index in [4.69, 9.17) is 0 Å². The van der Waals surface area contributed by atoms with Crippen LogP contribution >= 0.6 is 0 Å². The Bertz CT molecular complexity index is 485. The van der Waals surface area contributed by atoms with Gasteiger partial charge in [-0.25, -0.2) is 16.8 Å². The second-order valence-corrected chi connectivity index (χ2v) is 9.32. The molecule has 17 heavy (non-hydrogen) atoms. The average molecular weight is 282 g/mol. The van der Waals surface area contributed by atoms with E-state index in [1.165, 1.54) is 4.31 Å². The highest BCUT2D eigenvalue weighted by Crippen LogP contribution is 2.28. The Morgan fingerprint density at radius 3 is 2.59 bits per heavy atom. The van der Waals surface area contributed by atoms with Crippen molar-refractivity contribution in [3.05, 3.63) is 0 Å². The van der Waals surface area contributed by atoms with Crippen molar-refractivity contribution in [1.29, 1.82) is 0 Å². The molecular formula is C9H18N2O4S2. The van der Waals surface area contributed by atoms with E-state index in [0.717, 1.165) is 25.6 Å². The van der Waals surface area contributed by atoms with Gasteiger partial charge in [-0.3, -0.25) is 0 Å². The first kappa shape index (κ1) is 13.3. The van der Waals surface area contributed by atoms with Crippen LogP contribution in [0.25, 0.3) is 0 Å². The van der Waals surface area contributed by atoms with Crippen molar-refractivity contribution in [2.24, 2.45) is 5.92 Å². The Morgan fingerprint density at radius 2 is 1.94 bits per heavy atom. The molecule has 1 N–H and O–H groups in total. The summed E-state index contributed by atoms with van der Waals surface area (Å²) in [6.45, 7) is 1.91. The first-order valence-corrected chi connectivity index (χ1v) is 9.34. The van der Waals surface area contributed by atoms with Crippen molar-refractivity contribution in [3.63, 3.8) is 0 Å². The SMILES string of the molecule is CS(=O)(=O)CS(=O)(=O)N1CCCC2CNCC21. The molecular weight excluding hydrogens is 264 g/mol. The number of sulfonamides is 1. The Hall–Kier alpha value is -0.180. The fourth-order valence-electron chi connectivity index (χ4n) is 2.71. The van der Waals surface area contributed by atoms with Gasteiger partial charge in [-0.2, -0.15) is 4.31 Å². The number of hydrogen-bond acceptors (Lipinski definition) is 5. The number of nitrogens with zero attached hydrogens (tertiary/aromatic N) is 1. The van der Waals surface area contributed by atoms with Crippen LogP contribution in [0.4, 0.5) is 0 Å². The third-order valence-electron chi connectivity index (χ3n) is 3.35. The van der Waals surface area contributed by atoms with Crippen LogP contribution in [0.5, 0.6) is 0 Å². The van der Waals surface area contributed by atoms with Gasteiger partial charge in [0.15, 0.2) is 14.9 Å². The molecule has 2 aliphatic heterocycles. The summed E-state index contributed by atoms with van der Waals surface area (Å²) in [5, 5.41) is 2.40. The van der Waals surface area contributed by atoms with E-state index in [2.05, 4.69) is 5.32 Å². The number of piperidine rings is 1. The summed E-state index contributed by atoms with van der Waals surface area (Å²) in [4.78, 5) is 0. The zero-order valence-corrected chi connectivity index (χ0v) is 11.4. The first-order valence-electron chi connectivity index (χ1n) is 5.67. The van der Waals surface area contributed by atoms with Crippen molar-refractivity contribution in [3.8, 4) is 0 Å². The Balaban J connectivity index is 2.21. The van der Waals surface area contributed by atoms with Gasteiger partial charge in [-0.1, -0.05) is 0 Å². The van der Waals surface area contributed by atoms with E-state index in [-0.39, 0.29) is 6.04 Å². The standard InChI is InChI=1S/C9H18N2O4S2/c1-16(12,13)7-17(14,15)11-4-2-3-8-5-10-6-9(8)11/h8-10H,2-7H2,1H3. The van der Waals surface area contributed by atoms with Crippen LogP contribution < -0.4 is 5.32 Å². The van der Waals surface area contributed by atoms with Crippen LogP contribution in [0.1, 0.15) is 12.8 Å². The number of fused-ring (bicyclic) bond motifs is 1. The summed E-state index contributed by atoms with van der Waals surface area (Å²) in [7, 11) is -7.20. The molecule has 2 unspecified atom stereocenters. The van der Waals surface area contributed by atoms with E-state index >= 15 is 0 Å². The molecule has 0 aromatic heterocycles. The lowest BCUT2D eigenvalue weighted by Gasteiger charge is -2.35. The summed E-state index contributed by atoms with van der Waals surface area (Å²) >= 11 is 0.